The molecule has 0 saturated carbocycles. The van der Waals surface area contributed by atoms with Crippen molar-refractivity contribution in [3.05, 3.63) is 34.0 Å². The number of aryl methyl sites for hydroxylation is 1. The zero-order valence-electron chi connectivity index (χ0n) is 16.5. The third kappa shape index (κ3) is 5.06. The Bertz CT molecular complexity index is 743. The number of ether oxygens (including phenoxy) is 1. The minimum Gasteiger partial charge on any atom is -0.376 e. The molecule has 0 aromatic carbocycles. The lowest BCUT2D eigenvalue weighted by Crippen LogP contribution is -2.48. The molecular weight excluding hydrogens is 362 g/mol. The number of thiophene rings is 1. The van der Waals surface area contributed by atoms with Crippen LogP contribution < -0.4 is 10.6 Å². The molecule has 0 amide bonds. The Morgan fingerprint density at radius 3 is 2.93 bits per heavy atom. The van der Waals surface area contributed by atoms with Crippen LogP contribution in [0.25, 0.3) is 0 Å². The van der Waals surface area contributed by atoms with E-state index < -0.39 is 0 Å². The maximum Gasteiger partial charge on any atom is 0.191 e. The molecule has 2 N–H and O–H groups in total. The summed E-state index contributed by atoms with van der Waals surface area (Å²) in [6.07, 6.45) is 0.262. The molecule has 3 heterocycles. The molecule has 3 rings (SSSR count). The van der Waals surface area contributed by atoms with Gasteiger partial charge in [0.2, 0.25) is 0 Å². The van der Waals surface area contributed by atoms with E-state index in [-0.39, 0.29) is 6.10 Å². The van der Waals surface area contributed by atoms with E-state index >= 15 is 0 Å². The minimum atomic E-state index is 0.262. The van der Waals surface area contributed by atoms with Crippen LogP contribution in [0.4, 0.5) is 0 Å². The minimum absolute atomic E-state index is 0.262. The fraction of sp³-hybridized carbons (Fsp3) is 0.611. The Morgan fingerprint density at radius 1 is 1.44 bits per heavy atom. The number of nitrogens with zero attached hydrogens (tertiary/aromatic N) is 5. The van der Waals surface area contributed by atoms with Crippen LogP contribution in [0.3, 0.4) is 0 Å². The summed E-state index contributed by atoms with van der Waals surface area (Å²) in [6, 6.07) is 4.61. The summed E-state index contributed by atoms with van der Waals surface area (Å²) in [5.74, 6) is 2.54. The fourth-order valence-electron chi connectivity index (χ4n) is 3.20. The maximum absolute atomic E-state index is 5.71. The van der Waals surface area contributed by atoms with Gasteiger partial charge >= 0.3 is 0 Å². The normalized spacial score (nSPS) is 19.9. The van der Waals surface area contributed by atoms with Gasteiger partial charge in [0.25, 0.3) is 0 Å². The van der Waals surface area contributed by atoms with Crippen LogP contribution in [0.15, 0.2) is 22.5 Å². The second kappa shape index (κ2) is 9.29. The van der Waals surface area contributed by atoms with Crippen LogP contribution in [0.5, 0.6) is 0 Å². The highest BCUT2D eigenvalue weighted by molar-refractivity contribution is 7.10. The van der Waals surface area contributed by atoms with Crippen molar-refractivity contribution in [3.8, 4) is 0 Å². The summed E-state index contributed by atoms with van der Waals surface area (Å²) in [5.41, 5.74) is 0. The first-order valence-electron chi connectivity index (χ1n) is 9.27. The number of rotatable bonds is 6. The Labute approximate surface area is 164 Å². The van der Waals surface area contributed by atoms with Crippen LogP contribution in [-0.2, 0) is 18.3 Å². The van der Waals surface area contributed by atoms with E-state index in [4.69, 9.17) is 4.74 Å². The van der Waals surface area contributed by atoms with Gasteiger partial charge in [-0.25, -0.2) is 0 Å². The van der Waals surface area contributed by atoms with Gasteiger partial charge in [0, 0.05) is 38.6 Å². The summed E-state index contributed by atoms with van der Waals surface area (Å²) < 4.78 is 7.69. The highest BCUT2D eigenvalue weighted by Gasteiger charge is 2.26. The first-order valence-corrected chi connectivity index (χ1v) is 10.1. The first kappa shape index (κ1) is 19.8. The second-order valence-corrected chi connectivity index (χ2v) is 7.72. The highest BCUT2D eigenvalue weighted by atomic mass is 32.1. The molecule has 1 fully saturated rings. The van der Waals surface area contributed by atoms with Crippen LogP contribution in [0, 0.1) is 6.92 Å². The molecule has 0 bridgehead atoms. The van der Waals surface area contributed by atoms with E-state index in [1.165, 1.54) is 4.88 Å². The van der Waals surface area contributed by atoms with Crippen LogP contribution in [0.1, 0.15) is 29.5 Å². The summed E-state index contributed by atoms with van der Waals surface area (Å²) in [7, 11) is 3.75. The summed E-state index contributed by atoms with van der Waals surface area (Å²) >= 11 is 1.80. The summed E-state index contributed by atoms with van der Waals surface area (Å²) in [5, 5.41) is 17.2. The SMILES string of the molecule is CN=C(NCc1nnc(C)n1C)NCC(c1cccs1)N1CCOC(C)C1. The topological polar surface area (TPSA) is 79.6 Å². The molecule has 8 nitrogen and oxygen atoms in total. The van der Waals surface area contributed by atoms with Gasteiger partial charge < -0.3 is 19.9 Å². The Balaban J connectivity index is 1.60. The molecule has 2 atom stereocenters. The van der Waals surface area contributed by atoms with E-state index in [1.54, 1.807) is 18.4 Å². The molecule has 0 aliphatic carbocycles. The molecule has 1 aliphatic heterocycles. The largest absolute Gasteiger partial charge is 0.376 e. The Morgan fingerprint density at radius 2 is 2.30 bits per heavy atom. The number of morpholine rings is 1. The number of aromatic nitrogens is 3. The van der Waals surface area contributed by atoms with Crippen molar-refractivity contribution >= 4 is 17.3 Å². The van der Waals surface area contributed by atoms with Crippen molar-refractivity contribution in [2.75, 3.05) is 33.3 Å². The molecule has 0 radical (unpaired) electrons. The molecule has 2 unspecified atom stereocenters. The number of nitrogens with one attached hydrogen (secondary N) is 2. The summed E-state index contributed by atoms with van der Waals surface area (Å²) in [6.45, 7) is 8.10. The molecular formula is C18H29N7OS. The number of guanidine groups is 1. The average molecular weight is 392 g/mol. The van der Waals surface area contributed by atoms with Crippen molar-refractivity contribution < 1.29 is 4.74 Å². The monoisotopic (exact) mass is 391 g/mol. The average Bonchev–Trinajstić information content (AvgIpc) is 3.30. The Kier molecular flexibility index (Phi) is 6.81. The van der Waals surface area contributed by atoms with Crippen molar-refractivity contribution in [2.24, 2.45) is 12.0 Å². The van der Waals surface area contributed by atoms with Gasteiger partial charge in [-0.3, -0.25) is 9.89 Å². The molecule has 0 spiro atoms. The van der Waals surface area contributed by atoms with Crippen LogP contribution in [-0.4, -0.2) is 65.0 Å². The quantitative estimate of drug-likeness (QED) is 0.571. The van der Waals surface area contributed by atoms with Gasteiger partial charge in [-0.05, 0) is 25.3 Å². The molecule has 9 heteroatoms. The van der Waals surface area contributed by atoms with Gasteiger partial charge in [-0.2, -0.15) is 0 Å². The summed E-state index contributed by atoms with van der Waals surface area (Å²) in [4.78, 5) is 8.20. The van der Waals surface area contributed by atoms with E-state index in [0.717, 1.165) is 43.8 Å². The lowest BCUT2D eigenvalue weighted by atomic mass is 10.1. The van der Waals surface area contributed by atoms with Crippen molar-refractivity contribution in [1.29, 1.82) is 0 Å². The van der Waals surface area contributed by atoms with Gasteiger partial charge in [-0.15, -0.1) is 21.5 Å². The first-order chi connectivity index (χ1) is 13.1. The van der Waals surface area contributed by atoms with E-state index in [9.17, 15) is 0 Å². The Hall–Kier alpha value is -1.97. The fourth-order valence-corrected chi connectivity index (χ4v) is 4.06. The van der Waals surface area contributed by atoms with Crippen molar-refractivity contribution in [2.45, 2.75) is 32.5 Å². The molecule has 2 aromatic rings. The van der Waals surface area contributed by atoms with Gasteiger partial charge in [0.05, 0.1) is 25.3 Å². The molecule has 2 aromatic heterocycles. The molecule has 1 saturated heterocycles. The molecule has 148 valence electrons. The van der Waals surface area contributed by atoms with E-state index in [2.05, 4.69) is 55.2 Å². The van der Waals surface area contributed by atoms with Crippen molar-refractivity contribution in [3.63, 3.8) is 0 Å². The number of hydrogen-bond acceptors (Lipinski definition) is 6. The zero-order chi connectivity index (χ0) is 19.2. The lowest BCUT2D eigenvalue weighted by molar-refractivity contribution is -0.0334. The highest BCUT2D eigenvalue weighted by Crippen LogP contribution is 2.26. The van der Waals surface area contributed by atoms with Gasteiger partial charge in [0.1, 0.15) is 5.82 Å². The maximum atomic E-state index is 5.71. The lowest BCUT2D eigenvalue weighted by Gasteiger charge is -2.37. The smallest absolute Gasteiger partial charge is 0.191 e. The standard InChI is InChI=1S/C18H29N7OS/c1-13-12-25(7-8-26-13)15(16-6-5-9-27-16)10-20-18(19-3)21-11-17-23-22-14(2)24(17)4/h5-6,9,13,15H,7-8,10-12H2,1-4H3,(H2,19,20,21). The van der Waals surface area contributed by atoms with E-state index in [1.807, 2.05) is 18.5 Å². The van der Waals surface area contributed by atoms with E-state index in [0.29, 0.717) is 12.6 Å². The third-order valence-electron chi connectivity index (χ3n) is 4.87. The molecule has 1 aliphatic rings. The molecule has 27 heavy (non-hydrogen) atoms. The predicted molar refractivity (Wildman–Crippen MR) is 108 cm³/mol. The van der Waals surface area contributed by atoms with Crippen LogP contribution >= 0.6 is 11.3 Å². The van der Waals surface area contributed by atoms with Gasteiger partial charge in [-0.1, -0.05) is 6.07 Å². The third-order valence-corrected chi connectivity index (χ3v) is 5.84. The second-order valence-electron chi connectivity index (χ2n) is 6.74. The van der Waals surface area contributed by atoms with Crippen molar-refractivity contribution in [1.82, 2.24) is 30.3 Å². The van der Waals surface area contributed by atoms with Crippen LogP contribution in [0.2, 0.25) is 0 Å². The van der Waals surface area contributed by atoms with Gasteiger partial charge in [0.15, 0.2) is 11.8 Å². The predicted octanol–water partition coefficient (Wildman–Crippen LogP) is 1.31. The number of aliphatic imine (C=N–C) groups is 1. The number of hydrogen-bond donors (Lipinski definition) is 2. The zero-order valence-corrected chi connectivity index (χ0v) is 17.3.